The van der Waals surface area contributed by atoms with E-state index in [0.29, 0.717) is 5.92 Å². The van der Waals surface area contributed by atoms with Crippen molar-refractivity contribution in [3.05, 3.63) is 24.5 Å². The highest BCUT2D eigenvalue weighted by atomic mass is 16.5. The topological polar surface area (TPSA) is 9.23 Å². The first-order chi connectivity index (χ1) is 4.18. The van der Waals surface area contributed by atoms with Crippen molar-refractivity contribution in [2.75, 3.05) is 7.11 Å². The Kier molecular flexibility index (Phi) is 3.85. The molecule has 0 radical (unpaired) electrons. The molecular formula is C8H14O. The van der Waals surface area contributed by atoms with Crippen molar-refractivity contribution >= 4 is 0 Å². The van der Waals surface area contributed by atoms with Gasteiger partial charge in [-0.1, -0.05) is 19.1 Å². The highest BCUT2D eigenvalue weighted by Gasteiger charge is 1.93. The van der Waals surface area contributed by atoms with E-state index in [1.807, 2.05) is 13.0 Å². The van der Waals surface area contributed by atoms with Crippen LogP contribution in [0.1, 0.15) is 13.8 Å². The summed E-state index contributed by atoms with van der Waals surface area (Å²) in [4.78, 5) is 0. The number of allylic oxidation sites excluding steroid dienone is 2. The Labute approximate surface area is 57.0 Å². The fourth-order valence-electron chi connectivity index (χ4n) is 0.361. The lowest BCUT2D eigenvalue weighted by Crippen LogP contribution is -1.88. The van der Waals surface area contributed by atoms with Crippen LogP contribution >= 0.6 is 0 Å². The smallest absolute Gasteiger partial charge is 0.0790 e. The molecule has 0 aliphatic carbocycles. The zero-order valence-corrected chi connectivity index (χ0v) is 6.35. The molecule has 1 heteroatoms. The number of methoxy groups -OCH3 is 1. The van der Waals surface area contributed by atoms with Gasteiger partial charge in [0.1, 0.15) is 0 Å². The molecular weight excluding hydrogens is 112 g/mol. The highest BCUT2D eigenvalue weighted by Crippen LogP contribution is 2.07. The second-order valence-electron chi connectivity index (χ2n) is 2.20. The van der Waals surface area contributed by atoms with Crippen LogP contribution in [0.5, 0.6) is 0 Å². The van der Waals surface area contributed by atoms with Gasteiger partial charge >= 0.3 is 0 Å². The molecule has 0 N–H and O–H groups in total. The molecule has 0 heterocycles. The molecule has 0 rings (SSSR count). The molecule has 0 aliphatic heterocycles. The predicted octanol–water partition coefficient (Wildman–Crippen LogP) is 2.36. The third kappa shape index (κ3) is 3.83. The third-order valence-electron chi connectivity index (χ3n) is 1.28. The molecule has 0 aromatic heterocycles. The second-order valence-corrected chi connectivity index (χ2v) is 2.20. The molecule has 0 aliphatic rings. The van der Waals surface area contributed by atoms with Gasteiger partial charge in [-0.15, -0.1) is 0 Å². The van der Waals surface area contributed by atoms with Gasteiger partial charge in [0.2, 0.25) is 0 Å². The molecule has 52 valence electrons. The minimum Gasteiger partial charge on any atom is -0.505 e. The first-order valence-electron chi connectivity index (χ1n) is 3.03. The van der Waals surface area contributed by atoms with Crippen molar-refractivity contribution in [3.63, 3.8) is 0 Å². The molecule has 9 heavy (non-hydrogen) atoms. The predicted molar refractivity (Wildman–Crippen MR) is 40.1 cm³/mol. The minimum atomic E-state index is 0.421. The zero-order chi connectivity index (χ0) is 7.28. The van der Waals surface area contributed by atoms with Crippen LogP contribution in [0.15, 0.2) is 24.5 Å². The molecule has 0 saturated heterocycles. The van der Waals surface area contributed by atoms with Crippen LogP contribution in [0.25, 0.3) is 0 Å². The normalized spacial score (nSPS) is 13.7. The monoisotopic (exact) mass is 126 g/mol. The van der Waals surface area contributed by atoms with E-state index in [2.05, 4.69) is 13.5 Å². The van der Waals surface area contributed by atoms with Crippen LogP contribution in [0.3, 0.4) is 0 Å². The number of rotatable bonds is 3. The SMILES string of the molecule is C=C(C)C(C)C=COC. The maximum atomic E-state index is 4.74. The van der Waals surface area contributed by atoms with E-state index in [-0.39, 0.29) is 0 Å². The summed E-state index contributed by atoms with van der Waals surface area (Å²) < 4.78 is 4.74. The van der Waals surface area contributed by atoms with Crippen LogP contribution in [-0.4, -0.2) is 7.11 Å². The maximum Gasteiger partial charge on any atom is 0.0790 e. The second kappa shape index (κ2) is 4.19. The van der Waals surface area contributed by atoms with E-state index in [4.69, 9.17) is 4.74 Å². The van der Waals surface area contributed by atoms with Crippen molar-refractivity contribution in [1.82, 2.24) is 0 Å². The average molecular weight is 126 g/mol. The van der Waals surface area contributed by atoms with Gasteiger partial charge in [0.15, 0.2) is 0 Å². The molecule has 0 bridgehead atoms. The van der Waals surface area contributed by atoms with Gasteiger partial charge in [-0.05, 0) is 18.9 Å². The average Bonchev–Trinajstić information content (AvgIpc) is 1.82. The summed E-state index contributed by atoms with van der Waals surface area (Å²) in [5, 5.41) is 0. The van der Waals surface area contributed by atoms with Gasteiger partial charge in [0.25, 0.3) is 0 Å². The standard InChI is InChI=1S/C8H14O/c1-7(2)8(3)5-6-9-4/h5-6,8H,1H2,2-4H3. The summed E-state index contributed by atoms with van der Waals surface area (Å²) in [7, 11) is 1.64. The van der Waals surface area contributed by atoms with Gasteiger partial charge in [-0.2, -0.15) is 0 Å². The highest BCUT2D eigenvalue weighted by molar-refractivity contribution is 5.03. The van der Waals surface area contributed by atoms with E-state index in [1.165, 1.54) is 0 Å². The summed E-state index contributed by atoms with van der Waals surface area (Å²) in [6.45, 7) is 7.89. The van der Waals surface area contributed by atoms with Crippen LogP contribution in [0, 0.1) is 5.92 Å². The van der Waals surface area contributed by atoms with Crippen LogP contribution in [0.2, 0.25) is 0 Å². The molecule has 1 nitrogen and oxygen atoms in total. The summed E-state index contributed by atoms with van der Waals surface area (Å²) in [6.07, 6.45) is 3.65. The Morgan fingerprint density at radius 1 is 1.67 bits per heavy atom. The van der Waals surface area contributed by atoms with Gasteiger partial charge in [0, 0.05) is 0 Å². The lowest BCUT2D eigenvalue weighted by atomic mass is 10.1. The van der Waals surface area contributed by atoms with E-state index in [9.17, 15) is 0 Å². The Hall–Kier alpha value is -0.720. The van der Waals surface area contributed by atoms with Crippen LogP contribution < -0.4 is 0 Å². The van der Waals surface area contributed by atoms with Gasteiger partial charge in [-0.25, -0.2) is 0 Å². The van der Waals surface area contributed by atoms with Crippen molar-refractivity contribution in [3.8, 4) is 0 Å². The number of hydrogen-bond acceptors (Lipinski definition) is 1. The molecule has 0 aromatic carbocycles. The summed E-state index contributed by atoms with van der Waals surface area (Å²) in [5.74, 6) is 0.421. The molecule has 0 saturated carbocycles. The van der Waals surface area contributed by atoms with Gasteiger partial charge < -0.3 is 4.74 Å². The molecule has 0 spiro atoms. The Morgan fingerprint density at radius 2 is 2.22 bits per heavy atom. The molecule has 0 fully saturated rings. The lowest BCUT2D eigenvalue weighted by Gasteiger charge is -2.02. The van der Waals surface area contributed by atoms with Crippen LogP contribution in [-0.2, 0) is 4.74 Å². The Balaban J connectivity index is 3.62. The first kappa shape index (κ1) is 8.28. The molecule has 0 aromatic rings. The first-order valence-corrected chi connectivity index (χ1v) is 3.03. The van der Waals surface area contributed by atoms with E-state index in [0.717, 1.165) is 5.57 Å². The third-order valence-corrected chi connectivity index (χ3v) is 1.28. The molecule has 0 amide bonds. The minimum absolute atomic E-state index is 0.421. The van der Waals surface area contributed by atoms with Crippen molar-refractivity contribution in [1.29, 1.82) is 0 Å². The van der Waals surface area contributed by atoms with Crippen molar-refractivity contribution in [2.24, 2.45) is 5.92 Å². The molecule has 1 atom stereocenters. The van der Waals surface area contributed by atoms with Crippen molar-refractivity contribution in [2.45, 2.75) is 13.8 Å². The lowest BCUT2D eigenvalue weighted by molar-refractivity contribution is 0.335. The summed E-state index contributed by atoms with van der Waals surface area (Å²) in [6, 6.07) is 0. The molecule has 1 unspecified atom stereocenters. The summed E-state index contributed by atoms with van der Waals surface area (Å²) >= 11 is 0. The fourth-order valence-corrected chi connectivity index (χ4v) is 0.361. The van der Waals surface area contributed by atoms with Crippen molar-refractivity contribution < 1.29 is 4.74 Å². The van der Waals surface area contributed by atoms with Gasteiger partial charge in [0.05, 0.1) is 13.4 Å². The maximum absolute atomic E-state index is 4.74. The number of ether oxygens (including phenoxy) is 1. The summed E-state index contributed by atoms with van der Waals surface area (Å²) in [5.41, 5.74) is 1.16. The zero-order valence-electron chi connectivity index (χ0n) is 6.35. The largest absolute Gasteiger partial charge is 0.505 e. The fraction of sp³-hybridized carbons (Fsp3) is 0.500. The number of hydrogen-bond donors (Lipinski definition) is 0. The van der Waals surface area contributed by atoms with Gasteiger partial charge in [-0.3, -0.25) is 0 Å². The Morgan fingerprint density at radius 3 is 2.56 bits per heavy atom. The van der Waals surface area contributed by atoms with Crippen LogP contribution in [0.4, 0.5) is 0 Å². The Bertz CT molecular complexity index is 114. The van der Waals surface area contributed by atoms with E-state index < -0.39 is 0 Å². The van der Waals surface area contributed by atoms with E-state index >= 15 is 0 Å². The van der Waals surface area contributed by atoms with E-state index in [1.54, 1.807) is 13.4 Å². The quantitative estimate of drug-likeness (QED) is 0.416.